The Balaban J connectivity index is 3.12. The molecule has 5 nitrogen and oxygen atoms in total. The minimum Gasteiger partial charge on any atom is -0.467 e. The molecule has 0 saturated carbocycles. The van der Waals surface area contributed by atoms with E-state index in [9.17, 15) is 14.4 Å². The summed E-state index contributed by atoms with van der Waals surface area (Å²) < 4.78 is 4.86. The van der Waals surface area contributed by atoms with Crippen LogP contribution in [0.3, 0.4) is 0 Å². The summed E-state index contributed by atoms with van der Waals surface area (Å²) in [7, 11) is 1.29. The number of unbranched alkanes of at least 4 members (excludes halogenated alkanes) is 1. The van der Waals surface area contributed by atoms with Crippen LogP contribution in [0.2, 0.25) is 5.02 Å². The molecule has 0 aliphatic heterocycles. The van der Waals surface area contributed by atoms with Crippen LogP contribution < -0.4 is 4.90 Å². The van der Waals surface area contributed by atoms with E-state index >= 15 is 0 Å². The predicted molar refractivity (Wildman–Crippen MR) is 121 cm³/mol. The van der Waals surface area contributed by atoms with Crippen molar-refractivity contribution in [1.29, 1.82) is 0 Å². The van der Waals surface area contributed by atoms with E-state index in [0.717, 1.165) is 43.0 Å². The number of rotatable bonds is 10. The molecule has 0 saturated heterocycles. The van der Waals surface area contributed by atoms with Gasteiger partial charge in [0.05, 0.1) is 18.6 Å². The van der Waals surface area contributed by atoms with E-state index in [1.807, 2.05) is 26.8 Å². The van der Waals surface area contributed by atoms with Gasteiger partial charge in [-0.3, -0.25) is 14.5 Å². The third-order valence-corrected chi connectivity index (χ3v) is 6.49. The van der Waals surface area contributed by atoms with Crippen LogP contribution in [-0.4, -0.2) is 35.9 Å². The Kier molecular flexibility index (Phi) is 10.8. The molecule has 2 unspecified atom stereocenters. The van der Waals surface area contributed by atoms with Crippen molar-refractivity contribution in [3.63, 3.8) is 0 Å². The summed E-state index contributed by atoms with van der Waals surface area (Å²) >= 11 is 7.30. The maximum Gasteiger partial charge on any atom is 0.328 e. The minimum atomic E-state index is -0.832. The molecular formula is C22H32ClNO4S. The zero-order valence-electron chi connectivity index (χ0n) is 18.2. The third-order valence-electron chi connectivity index (χ3n) is 5.08. The Morgan fingerprint density at radius 3 is 2.41 bits per heavy atom. The highest BCUT2D eigenvalue weighted by atomic mass is 35.5. The number of nitrogens with zero attached hydrogens (tertiary/aromatic N) is 1. The number of halogens is 1. The second kappa shape index (κ2) is 12.2. The zero-order chi connectivity index (χ0) is 22.1. The fraction of sp³-hybridized carbons (Fsp3) is 0.591. The van der Waals surface area contributed by atoms with Gasteiger partial charge in [0.25, 0.3) is 0 Å². The van der Waals surface area contributed by atoms with Crippen LogP contribution in [-0.2, 0) is 19.1 Å². The highest BCUT2D eigenvalue weighted by Crippen LogP contribution is 2.33. The summed E-state index contributed by atoms with van der Waals surface area (Å²) in [6.07, 6.45) is 3.62. The molecule has 0 heterocycles. The largest absolute Gasteiger partial charge is 0.467 e. The van der Waals surface area contributed by atoms with Crippen LogP contribution in [0.4, 0.5) is 5.69 Å². The van der Waals surface area contributed by atoms with Gasteiger partial charge in [-0.1, -0.05) is 56.1 Å². The van der Waals surface area contributed by atoms with Gasteiger partial charge in [-0.15, -0.1) is 0 Å². The molecule has 1 rings (SSSR count). The van der Waals surface area contributed by atoms with Gasteiger partial charge < -0.3 is 4.74 Å². The van der Waals surface area contributed by atoms with Crippen molar-refractivity contribution in [2.75, 3.05) is 17.8 Å². The fourth-order valence-electron chi connectivity index (χ4n) is 3.25. The lowest BCUT2D eigenvalue weighted by molar-refractivity contribution is -0.142. The molecule has 1 aromatic rings. The molecule has 7 heteroatoms. The first-order chi connectivity index (χ1) is 13.7. The Hall–Kier alpha value is -1.53. The number of amides is 1. The van der Waals surface area contributed by atoms with E-state index in [2.05, 4.69) is 6.92 Å². The number of benzene rings is 1. The lowest BCUT2D eigenvalue weighted by Crippen LogP contribution is -2.46. The number of hydrogen-bond donors (Lipinski definition) is 0. The van der Waals surface area contributed by atoms with Gasteiger partial charge in [-0.2, -0.15) is 0 Å². The number of carbonyl (C=O) groups is 3. The van der Waals surface area contributed by atoms with Crippen LogP contribution in [0, 0.1) is 19.8 Å². The first-order valence-electron chi connectivity index (χ1n) is 10.0. The molecule has 1 amide bonds. The number of esters is 1. The second-order valence-corrected chi connectivity index (χ2v) is 8.54. The Labute approximate surface area is 183 Å². The van der Waals surface area contributed by atoms with Crippen molar-refractivity contribution in [2.24, 2.45) is 5.92 Å². The summed E-state index contributed by atoms with van der Waals surface area (Å²) in [6.45, 7) is 9.37. The van der Waals surface area contributed by atoms with E-state index in [4.69, 9.17) is 16.3 Å². The quantitative estimate of drug-likeness (QED) is 0.459. The molecule has 0 aliphatic carbocycles. The Morgan fingerprint density at radius 1 is 1.21 bits per heavy atom. The van der Waals surface area contributed by atoms with Crippen molar-refractivity contribution < 1.29 is 19.1 Å². The number of methoxy groups -OCH3 is 1. The van der Waals surface area contributed by atoms with Gasteiger partial charge in [0.15, 0.2) is 5.12 Å². The molecule has 2 atom stereocenters. The van der Waals surface area contributed by atoms with Gasteiger partial charge in [-0.25, -0.2) is 4.79 Å². The van der Waals surface area contributed by atoms with Gasteiger partial charge in [-0.05, 0) is 50.8 Å². The zero-order valence-corrected chi connectivity index (χ0v) is 19.8. The van der Waals surface area contributed by atoms with Gasteiger partial charge in [0.2, 0.25) is 5.91 Å². The molecular weight excluding hydrogens is 410 g/mol. The minimum absolute atomic E-state index is 0.0273. The molecule has 0 aliphatic rings. The van der Waals surface area contributed by atoms with Crippen LogP contribution >= 0.6 is 23.4 Å². The number of ether oxygens (including phenoxy) is 1. The van der Waals surface area contributed by atoms with Crippen LogP contribution in [0.15, 0.2) is 12.1 Å². The summed E-state index contributed by atoms with van der Waals surface area (Å²) in [6, 6.07) is 2.74. The molecule has 0 radical (unpaired) electrons. The lowest BCUT2D eigenvalue weighted by atomic mass is 10.0. The van der Waals surface area contributed by atoms with E-state index in [-0.39, 0.29) is 22.7 Å². The predicted octanol–water partition coefficient (Wildman–Crippen LogP) is 5.33. The highest BCUT2D eigenvalue weighted by molar-refractivity contribution is 8.14. The normalized spacial score (nSPS) is 12.9. The maximum absolute atomic E-state index is 13.2. The van der Waals surface area contributed by atoms with E-state index < -0.39 is 12.0 Å². The fourth-order valence-corrected chi connectivity index (χ4v) is 4.33. The number of aryl methyl sites for hydroxylation is 1. The van der Waals surface area contributed by atoms with Crippen molar-refractivity contribution in [3.05, 3.63) is 28.3 Å². The first kappa shape index (κ1) is 25.5. The molecule has 0 fully saturated rings. The second-order valence-electron chi connectivity index (χ2n) is 7.16. The highest BCUT2D eigenvalue weighted by Gasteiger charge is 2.31. The summed E-state index contributed by atoms with van der Waals surface area (Å²) in [5, 5.41) is 0.536. The van der Waals surface area contributed by atoms with E-state index in [1.54, 1.807) is 13.0 Å². The molecule has 1 aromatic carbocycles. The first-order valence-corrected chi connectivity index (χ1v) is 11.4. The lowest BCUT2D eigenvalue weighted by Gasteiger charge is -2.30. The standard InChI is InChI=1S/C22H32ClNO4S/c1-7-9-10-17(8-2)22(27)29-13-19(25)24(16(5)21(26)28-6)20-14(3)11-12-18(23)15(20)4/h11-12,16-17H,7-10,13H2,1-6H3. The monoisotopic (exact) mass is 441 g/mol. The molecule has 162 valence electrons. The SMILES string of the molecule is CCCCC(CC)C(=O)SCC(=O)N(c1c(C)ccc(Cl)c1C)C(C)C(=O)OC. The number of carbonyl (C=O) groups excluding carboxylic acids is 3. The summed E-state index contributed by atoms with van der Waals surface area (Å²) in [4.78, 5) is 39.4. The number of hydrogen-bond acceptors (Lipinski definition) is 5. The maximum atomic E-state index is 13.2. The molecule has 0 spiro atoms. The smallest absolute Gasteiger partial charge is 0.328 e. The topological polar surface area (TPSA) is 63.7 Å². The summed E-state index contributed by atoms with van der Waals surface area (Å²) in [5.74, 6) is -0.925. The van der Waals surface area contributed by atoms with Crippen LogP contribution in [0.5, 0.6) is 0 Å². The van der Waals surface area contributed by atoms with Gasteiger partial charge in [0, 0.05) is 10.9 Å². The Morgan fingerprint density at radius 2 is 1.86 bits per heavy atom. The van der Waals surface area contributed by atoms with E-state index in [1.165, 1.54) is 12.0 Å². The van der Waals surface area contributed by atoms with Gasteiger partial charge >= 0.3 is 5.97 Å². The van der Waals surface area contributed by atoms with Crippen molar-refractivity contribution in [2.45, 2.75) is 66.3 Å². The third kappa shape index (κ3) is 6.75. The number of thioether (sulfide) groups is 1. The molecule has 0 N–H and O–H groups in total. The van der Waals surface area contributed by atoms with Crippen LogP contribution in [0.1, 0.15) is 57.6 Å². The Bertz CT molecular complexity index is 738. The molecule has 29 heavy (non-hydrogen) atoms. The van der Waals surface area contributed by atoms with Crippen LogP contribution in [0.25, 0.3) is 0 Å². The molecule has 0 aromatic heterocycles. The summed E-state index contributed by atoms with van der Waals surface area (Å²) in [5.41, 5.74) is 2.12. The van der Waals surface area contributed by atoms with Crippen molar-refractivity contribution in [3.8, 4) is 0 Å². The van der Waals surface area contributed by atoms with Crippen molar-refractivity contribution >= 4 is 46.0 Å². The number of anilines is 1. The average molecular weight is 442 g/mol. The van der Waals surface area contributed by atoms with E-state index in [0.29, 0.717) is 16.3 Å². The average Bonchev–Trinajstić information content (AvgIpc) is 2.71. The van der Waals surface area contributed by atoms with Gasteiger partial charge in [0.1, 0.15) is 6.04 Å². The molecule has 0 bridgehead atoms. The van der Waals surface area contributed by atoms with Crippen molar-refractivity contribution in [1.82, 2.24) is 0 Å².